The molecule has 1 saturated heterocycles. The van der Waals surface area contributed by atoms with Gasteiger partial charge in [0.2, 0.25) is 11.8 Å². The molecule has 0 aliphatic carbocycles. The first-order valence-corrected chi connectivity index (χ1v) is 18.4. The van der Waals surface area contributed by atoms with Crippen LogP contribution in [0.3, 0.4) is 0 Å². The summed E-state index contributed by atoms with van der Waals surface area (Å²) in [6.45, 7) is 0.380. The predicted octanol–water partition coefficient (Wildman–Crippen LogP) is 6.71. The number of unbranched alkanes of at least 4 members (excludes halogenated alkanes) is 1. The van der Waals surface area contributed by atoms with E-state index in [0.717, 1.165) is 38.5 Å². The first-order valence-electron chi connectivity index (χ1n) is 17.4. The minimum absolute atomic E-state index is 0.00958. The van der Waals surface area contributed by atoms with Crippen molar-refractivity contribution in [3.8, 4) is 11.1 Å². The normalized spacial score (nSPS) is 17.1. The predicted molar refractivity (Wildman–Crippen MR) is 202 cm³/mol. The summed E-state index contributed by atoms with van der Waals surface area (Å²) < 4.78 is 14.9. The minimum atomic E-state index is -0.576. The van der Waals surface area contributed by atoms with Gasteiger partial charge in [0.15, 0.2) is 11.4 Å². The zero-order valence-electron chi connectivity index (χ0n) is 29.1. The van der Waals surface area contributed by atoms with Crippen molar-refractivity contribution in [2.45, 2.75) is 68.9 Å². The van der Waals surface area contributed by atoms with Gasteiger partial charge < -0.3 is 35.5 Å². The minimum Gasteiger partial charge on any atom is -0.397 e. The largest absolute Gasteiger partial charge is 0.397 e. The summed E-state index contributed by atoms with van der Waals surface area (Å²) in [6, 6.07) is 31.2. The third-order valence-electron chi connectivity index (χ3n) is 8.96. The molecule has 0 radical (unpaired) electrons. The second-order valence-corrected chi connectivity index (χ2v) is 13.8. The Morgan fingerprint density at radius 2 is 1.62 bits per heavy atom. The number of nitrogens with one attached hydrogen (secondary N) is 2. The summed E-state index contributed by atoms with van der Waals surface area (Å²) in [4.78, 5) is 25.0. The maximum atomic E-state index is 12.7. The number of nitrogens with zero attached hydrogens (tertiary/aromatic N) is 3. The molecule has 4 aromatic carbocycles. The Kier molecular flexibility index (Phi) is 12.7. The first-order chi connectivity index (χ1) is 25.4. The van der Waals surface area contributed by atoms with Crippen LogP contribution < -0.4 is 16.4 Å². The highest BCUT2D eigenvalue weighted by molar-refractivity contribution is 7.99. The SMILES string of the molecule is Cn1cnnc1SC[C@H]1C[C@@H](c2ccc(CO)cc2)O[C@@H](c2ccc(-c3ccccc3CNC(=O)CCCCC(=O)Nc3ccccc3N)cc2)O1. The number of aryl methyl sites for hydroxylation is 1. The van der Waals surface area contributed by atoms with Gasteiger partial charge in [0.05, 0.1) is 30.2 Å². The maximum Gasteiger partial charge on any atom is 0.224 e. The smallest absolute Gasteiger partial charge is 0.224 e. The summed E-state index contributed by atoms with van der Waals surface area (Å²) in [5.41, 5.74) is 12.9. The standard InChI is InChI=1S/C40H44N6O5S/c1-46-26-43-45-40(46)52-25-32-22-36(29-16-14-27(24-47)15-17-29)51-39(50-32)30-20-18-28(19-21-30)33-9-3-2-8-31(33)23-42-37(48)12-6-7-13-38(49)44-35-11-5-4-10-34(35)41/h2-5,8-11,14-21,26,32,36,39,47H,6-7,12-13,22-25,41H2,1H3,(H,42,48)(H,44,49)/t32-,36+,39+/m1/s1. The van der Waals surface area contributed by atoms with Crippen molar-refractivity contribution in [3.63, 3.8) is 0 Å². The Morgan fingerprint density at radius 1 is 0.904 bits per heavy atom. The van der Waals surface area contributed by atoms with E-state index in [-0.39, 0.29) is 30.6 Å². The third-order valence-corrected chi connectivity index (χ3v) is 10.1. The number of ether oxygens (including phenoxy) is 2. The highest BCUT2D eigenvalue weighted by Crippen LogP contribution is 2.40. The van der Waals surface area contributed by atoms with Crippen molar-refractivity contribution in [2.75, 3.05) is 16.8 Å². The van der Waals surface area contributed by atoms with Crippen molar-refractivity contribution in [1.29, 1.82) is 0 Å². The van der Waals surface area contributed by atoms with E-state index in [2.05, 4.69) is 33.0 Å². The van der Waals surface area contributed by atoms with E-state index in [1.165, 1.54) is 0 Å². The van der Waals surface area contributed by atoms with Crippen LogP contribution in [0.25, 0.3) is 11.1 Å². The van der Waals surface area contributed by atoms with Crippen LogP contribution in [0.5, 0.6) is 0 Å². The van der Waals surface area contributed by atoms with Gasteiger partial charge >= 0.3 is 0 Å². The Hall–Kier alpha value is -5.01. The lowest BCUT2D eigenvalue weighted by atomic mass is 9.97. The zero-order valence-corrected chi connectivity index (χ0v) is 29.9. The van der Waals surface area contributed by atoms with Crippen LogP contribution in [-0.4, -0.2) is 43.5 Å². The summed E-state index contributed by atoms with van der Waals surface area (Å²) in [7, 11) is 1.92. The Labute approximate surface area is 307 Å². The molecule has 0 spiro atoms. The van der Waals surface area contributed by atoms with Crippen LogP contribution in [0, 0.1) is 0 Å². The van der Waals surface area contributed by atoms with Crippen molar-refractivity contribution >= 4 is 35.0 Å². The average Bonchev–Trinajstić information content (AvgIpc) is 3.60. The fourth-order valence-corrected chi connectivity index (χ4v) is 6.95. The highest BCUT2D eigenvalue weighted by Gasteiger charge is 2.32. The molecule has 5 N–H and O–H groups in total. The van der Waals surface area contributed by atoms with Crippen molar-refractivity contribution < 1.29 is 24.2 Å². The lowest BCUT2D eigenvalue weighted by Crippen LogP contribution is -2.31. The molecule has 3 atom stereocenters. The molecular formula is C40H44N6O5S. The molecule has 5 aromatic rings. The first kappa shape index (κ1) is 36.8. The van der Waals surface area contributed by atoms with Crippen LogP contribution in [0.4, 0.5) is 11.4 Å². The topological polar surface area (TPSA) is 154 Å². The van der Waals surface area contributed by atoms with E-state index < -0.39 is 6.29 Å². The van der Waals surface area contributed by atoms with Gasteiger partial charge in [-0.25, -0.2) is 0 Å². The van der Waals surface area contributed by atoms with Crippen LogP contribution in [0.15, 0.2) is 109 Å². The second-order valence-electron chi connectivity index (χ2n) is 12.8. The van der Waals surface area contributed by atoms with Gasteiger partial charge in [0, 0.05) is 44.2 Å². The Morgan fingerprint density at radius 3 is 2.35 bits per heavy atom. The number of carbonyl (C=O) groups excluding carboxylic acids is 2. The molecule has 52 heavy (non-hydrogen) atoms. The van der Waals surface area contributed by atoms with E-state index in [9.17, 15) is 14.7 Å². The van der Waals surface area contributed by atoms with Crippen LogP contribution >= 0.6 is 11.8 Å². The second kappa shape index (κ2) is 18.0. The summed E-state index contributed by atoms with van der Waals surface area (Å²) in [5.74, 6) is 0.510. The van der Waals surface area contributed by atoms with E-state index in [1.807, 2.05) is 84.4 Å². The molecule has 6 rings (SSSR count). The molecule has 1 fully saturated rings. The molecule has 0 unspecified atom stereocenters. The molecular weight excluding hydrogens is 677 g/mol. The average molecular weight is 721 g/mol. The molecule has 0 bridgehead atoms. The van der Waals surface area contributed by atoms with Gasteiger partial charge in [-0.2, -0.15) is 0 Å². The number of carbonyl (C=O) groups is 2. The lowest BCUT2D eigenvalue weighted by molar-refractivity contribution is -0.245. The number of nitrogens with two attached hydrogens (primary N) is 1. The number of aromatic nitrogens is 3. The van der Waals surface area contributed by atoms with Crippen molar-refractivity contribution in [2.24, 2.45) is 7.05 Å². The maximum absolute atomic E-state index is 12.7. The fraction of sp³-hybridized carbons (Fsp3) is 0.300. The zero-order chi connectivity index (χ0) is 36.3. The van der Waals surface area contributed by atoms with Crippen LogP contribution in [0.2, 0.25) is 0 Å². The number of para-hydroxylation sites is 2. The Balaban J connectivity index is 1.05. The monoisotopic (exact) mass is 720 g/mol. The van der Waals surface area contributed by atoms with Gasteiger partial charge in [-0.05, 0) is 52.8 Å². The number of hydrogen-bond acceptors (Lipinski definition) is 9. The molecule has 1 aliphatic heterocycles. The van der Waals surface area contributed by atoms with Gasteiger partial charge in [0.1, 0.15) is 6.33 Å². The molecule has 1 aromatic heterocycles. The number of hydrogen-bond donors (Lipinski definition) is 4. The fourth-order valence-electron chi connectivity index (χ4n) is 6.05. The molecule has 1 aliphatic rings. The molecule has 12 heteroatoms. The summed E-state index contributed by atoms with van der Waals surface area (Å²) in [6.07, 6.45) is 3.35. The van der Waals surface area contributed by atoms with Gasteiger partial charge in [-0.3, -0.25) is 9.59 Å². The highest BCUT2D eigenvalue weighted by atomic mass is 32.2. The number of aliphatic hydroxyl groups excluding tert-OH is 1. The van der Waals surface area contributed by atoms with Gasteiger partial charge in [-0.15, -0.1) is 10.2 Å². The molecule has 270 valence electrons. The number of rotatable bonds is 15. The number of thioether (sulfide) groups is 1. The Bertz CT molecular complexity index is 1930. The molecule has 0 saturated carbocycles. The third kappa shape index (κ3) is 9.86. The van der Waals surface area contributed by atoms with Gasteiger partial charge in [0.25, 0.3) is 0 Å². The van der Waals surface area contributed by atoms with Crippen LogP contribution in [0.1, 0.15) is 66.8 Å². The lowest BCUT2D eigenvalue weighted by Gasteiger charge is -2.36. The number of nitrogen functional groups attached to an aromatic ring is 1. The number of aliphatic hydroxyl groups is 1. The number of benzene rings is 4. The van der Waals surface area contributed by atoms with E-state index in [4.69, 9.17) is 15.2 Å². The van der Waals surface area contributed by atoms with E-state index in [0.29, 0.717) is 55.8 Å². The van der Waals surface area contributed by atoms with Crippen LogP contribution in [-0.2, 0) is 39.3 Å². The molecule has 2 amide bonds. The molecule has 2 heterocycles. The number of anilines is 2. The van der Waals surface area contributed by atoms with Crippen molar-refractivity contribution in [1.82, 2.24) is 20.1 Å². The summed E-state index contributed by atoms with van der Waals surface area (Å²) >= 11 is 1.60. The van der Waals surface area contributed by atoms with Gasteiger partial charge in [-0.1, -0.05) is 96.7 Å². The summed E-state index contributed by atoms with van der Waals surface area (Å²) in [5, 5.41) is 24.4. The van der Waals surface area contributed by atoms with E-state index >= 15 is 0 Å². The van der Waals surface area contributed by atoms with Crippen molar-refractivity contribution in [3.05, 3.63) is 126 Å². The quantitative estimate of drug-likeness (QED) is 0.0525. The molecule has 11 nitrogen and oxygen atoms in total. The van der Waals surface area contributed by atoms with E-state index in [1.54, 1.807) is 30.2 Å². The number of amides is 2.